The molecular weight excluding hydrogens is 294 g/mol. The van der Waals surface area contributed by atoms with Crippen LogP contribution in [-0.4, -0.2) is 26.9 Å². The number of hydrogen-bond donors (Lipinski definition) is 0. The van der Waals surface area contributed by atoms with Crippen molar-refractivity contribution in [2.45, 2.75) is 45.1 Å². The minimum Gasteiger partial charge on any atom is -0.339 e. The molecule has 0 spiro atoms. The van der Waals surface area contributed by atoms with Crippen LogP contribution in [0.3, 0.4) is 0 Å². The molecule has 6 heteroatoms. The summed E-state index contributed by atoms with van der Waals surface area (Å²) in [6.07, 6.45) is 1.75. The molecule has 0 bridgehead atoms. The van der Waals surface area contributed by atoms with Crippen LogP contribution in [-0.2, 0) is 28.0 Å². The molecule has 0 unspecified atom stereocenters. The molecule has 3 rings (SSSR count). The monoisotopic (exact) mass is 313 g/mol. The van der Waals surface area contributed by atoms with Crippen LogP contribution >= 0.6 is 0 Å². The van der Waals surface area contributed by atoms with Crippen molar-refractivity contribution in [1.29, 1.82) is 0 Å². The van der Waals surface area contributed by atoms with Gasteiger partial charge in [-0.1, -0.05) is 42.4 Å². The highest BCUT2D eigenvalue weighted by molar-refractivity contribution is 6.08. The summed E-state index contributed by atoms with van der Waals surface area (Å²) >= 11 is 0. The van der Waals surface area contributed by atoms with Crippen LogP contribution in [0.2, 0.25) is 0 Å². The highest BCUT2D eigenvalue weighted by Crippen LogP contribution is 2.36. The van der Waals surface area contributed by atoms with Crippen molar-refractivity contribution in [2.75, 3.05) is 0 Å². The Morgan fingerprint density at radius 1 is 1.26 bits per heavy atom. The van der Waals surface area contributed by atoms with Gasteiger partial charge in [0.2, 0.25) is 17.7 Å². The van der Waals surface area contributed by atoms with Crippen molar-refractivity contribution in [3.05, 3.63) is 47.6 Å². The second kappa shape index (κ2) is 5.95. The van der Waals surface area contributed by atoms with E-state index in [-0.39, 0.29) is 24.8 Å². The van der Waals surface area contributed by atoms with E-state index in [0.717, 1.165) is 12.0 Å². The second-order valence-electron chi connectivity index (χ2n) is 6.01. The van der Waals surface area contributed by atoms with Crippen molar-refractivity contribution in [3.63, 3.8) is 0 Å². The van der Waals surface area contributed by atoms with E-state index < -0.39 is 5.41 Å². The van der Waals surface area contributed by atoms with Gasteiger partial charge in [-0.25, -0.2) is 0 Å². The first-order chi connectivity index (χ1) is 11.0. The van der Waals surface area contributed by atoms with Gasteiger partial charge in [-0.05, 0) is 18.9 Å². The minimum atomic E-state index is -0.825. The van der Waals surface area contributed by atoms with Gasteiger partial charge in [0.05, 0.1) is 12.0 Å². The summed E-state index contributed by atoms with van der Waals surface area (Å²) in [6, 6.07) is 9.39. The molecule has 1 aliphatic rings. The molecule has 2 heterocycles. The van der Waals surface area contributed by atoms with Crippen LogP contribution in [0.1, 0.15) is 44.0 Å². The van der Waals surface area contributed by atoms with Gasteiger partial charge in [-0.2, -0.15) is 4.98 Å². The molecule has 1 aliphatic heterocycles. The average Bonchev–Trinajstić information content (AvgIpc) is 3.08. The van der Waals surface area contributed by atoms with E-state index in [1.807, 2.05) is 37.3 Å². The number of nitrogens with zero attached hydrogens (tertiary/aromatic N) is 3. The zero-order valence-electron chi connectivity index (χ0n) is 13.3. The molecule has 2 aromatic rings. The lowest BCUT2D eigenvalue weighted by atomic mass is 9.81. The van der Waals surface area contributed by atoms with Crippen LogP contribution < -0.4 is 0 Å². The Labute approximate surface area is 134 Å². The number of aromatic nitrogens is 2. The van der Waals surface area contributed by atoms with Crippen LogP contribution in [0.15, 0.2) is 34.9 Å². The maximum atomic E-state index is 12.8. The Bertz CT molecular complexity index is 726. The molecule has 1 atom stereocenters. The van der Waals surface area contributed by atoms with Crippen LogP contribution in [0.5, 0.6) is 0 Å². The van der Waals surface area contributed by atoms with Gasteiger partial charge < -0.3 is 4.52 Å². The van der Waals surface area contributed by atoms with Gasteiger partial charge in [0.25, 0.3) is 0 Å². The number of imide groups is 1. The van der Waals surface area contributed by atoms with Crippen molar-refractivity contribution in [3.8, 4) is 0 Å². The smallest absolute Gasteiger partial charge is 0.240 e. The summed E-state index contributed by atoms with van der Waals surface area (Å²) in [4.78, 5) is 30.6. The molecular formula is C17H19N3O3. The summed E-state index contributed by atoms with van der Waals surface area (Å²) in [7, 11) is 0. The SMILES string of the molecule is CCCc1nc(CN2C(=O)C[C@](C)(c3ccccc3)C2=O)no1. The van der Waals surface area contributed by atoms with Crippen molar-refractivity contribution >= 4 is 11.8 Å². The zero-order valence-corrected chi connectivity index (χ0v) is 13.3. The molecule has 0 N–H and O–H groups in total. The number of benzene rings is 1. The number of aryl methyl sites for hydroxylation is 1. The lowest BCUT2D eigenvalue weighted by Gasteiger charge is -2.22. The summed E-state index contributed by atoms with van der Waals surface area (Å²) in [5, 5.41) is 3.86. The zero-order chi connectivity index (χ0) is 16.4. The molecule has 0 radical (unpaired) electrons. The first kappa shape index (κ1) is 15.4. The highest BCUT2D eigenvalue weighted by Gasteiger charge is 2.49. The number of likely N-dealkylation sites (tertiary alicyclic amines) is 1. The van der Waals surface area contributed by atoms with Gasteiger partial charge in [-0.15, -0.1) is 0 Å². The lowest BCUT2D eigenvalue weighted by Crippen LogP contribution is -2.36. The number of hydrogen-bond acceptors (Lipinski definition) is 5. The van der Waals surface area contributed by atoms with Crippen LogP contribution in [0.4, 0.5) is 0 Å². The third-order valence-corrected chi connectivity index (χ3v) is 4.21. The minimum absolute atomic E-state index is 0.0628. The third-order valence-electron chi connectivity index (χ3n) is 4.21. The topological polar surface area (TPSA) is 76.3 Å². The van der Waals surface area contributed by atoms with Gasteiger partial charge in [-0.3, -0.25) is 14.5 Å². The Morgan fingerprint density at radius 2 is 2.00 bits per heavy atom. The van der Waals surface area contributed by atoms with E-state index >= 15 is 0 Å². The fourth-order valence-corrected chi connectivity index (χ4v) is 2.89. The van der Waals surface area contributed by atoms with Gasteiger partial charge >= 0.3 is 0 Å². The van der Waals surface area contributed by atoms with Gasteiger partial charge in [0, 0.05) is 12.8 Å². The third kappa shape index (κ3) is 2.76. The van der Waals surface area contributed by atoms with Crippen LogP contribution in [0.25, 0.3) is 0 Å². The fourth-order valence-electron chi connectivity index (χ4n) is 2.89. The predicted octanol–water partition coefficient (Wildman–Crippen LogP) is 2.24. The molecule has 0 aliphatic carbocycles. The quantitative estimate of drug-likeness (QED) is 0.791. The van der Waals surface area contributed by atoms with E-state index in [1.165, 1.54) is 4.90 Å². The van der Waals surface area contributed by atoms with Crippen LogP contribution in [0, 0.1) is 0 Å². The molecule has 1 fully saturated rings. The Hall–Kier alpha value is -2.50. The summed E-state index contributed by atoms with van der Waals surface area (Å²) in [5.74, 6) is 0.485. The number of rotatable bonds is 5. The van der Waals surface area contributed by atoms with E-state index in [0.29, 0.717) is 18.1 Å². The predicted molar refractivity (Wildman–Crippen MR) is 82.3 cm³/mol. The molecule has 1 saturated heterocycles. The van der Waals surface area contributed by atoms with E-state index in [4.69, 9.17) is 4.52 Å². The first-order valence-corrected chi connectivity index (χ1v) is 7.76. The van der Waals surface area contributed by atoms with Crippen molar-refractivity contribution in [2.24, 2.45) is 0 Å². The highest BCUT2D eigenvalue weighted by atomic mass is 16.5. The largest absolute Gasteiger partial charge is 0.339 e. The number of amides is 2. The Balaban J connectivity index is 1.81. The summed E-state index contributed by atoms with van der Waals surface area (Å²) < 4.78 is 5.11. The molecule has 2 amide bonds. The number of carbonyl (C=O) groups excluding carboxylic acids is 2. The fraction of sp³-hybridized carbons (Fsp3) is 0.412. The van der Waals surface area contributed by atoms with Gasteiger partial charge in [0.15, 0.2) is 5.82 Å². The van der Waals surface area contributed by atoms with E-state index in [2.05, 4.69) is 10.1 Å². The Kier molecular flexibility index (Phi) is 3.98. The molecule has 23 heavy (non-hydrogen) atoms. The summed E-state index contributed by atoms with van der Waals surface area (Å²) in [5.41, 5.74) is 0.0227. The average molecular weight is 313 g/mol. The molecule has 6 nitrogen and oxygen atoms in total. The molecule has 1 aromatic heterocycles. The Morgan fingerprint density at radius 3 is 2.70 bits per heavy atom. The number of carbonyl (C=O) groups is 2. The maximum absolute atomic E-state index is 12.8. The van der Waals surface area contributed by atoms with Crippen molar-refractivity contribution < 1.29 is 14.1 Å². The normalized spacial score (nSPS) is 21.2. The molecule has 0 saturated carbocycles. The maximum Gasteiger partial charge on any atom is 0.240 e. The van der Waals surface area contributed by atoms with Gasteiger partial charge in [0.1, 0.15) is 0 Å². The van der Waals surface area contributed by atoms with E-state index in [1.54, 1.807) is 6.92 Å². The standard InChI is InChI=1S/C17H19N3O3/c1-3-7-14-18-13(19-23-14)11-20-15(21)10-17(2,16(20)22)12-8-5-4-6-9-12/h4-6,8-9H,3,7,10-11H2,1-2H3/t17-/m1/s1. The lowest BCUT2D eigenvalue weighted by molar-refractivity contribution is -0.140. The van der Waals surface area contributed by atoms with E-state index in [9.17, 15) is 9.59 Å². The van der Waals surface area contributed by atoms with Crippen molar-refractivity contribution in [1.82, 2.24) is 15.0 Å². The second-order valence-corrected chi connectivity index (χ2v) is 6.01. The molecule has 1 aromatic carbocycles. The summed E-state index contributed by atoms with van der Waals surface area (Å²) in [6.45, 7) is 3.89. The first-order valence-electron chi connectivity index (χ1n) is 7.76. The molecule has 120 valence electrons.